The molecule has 0 spiro atoms. The van der Waals surface area contributed by atoms with Crippen molar-refractivity contribution in [2.75, 3.05) is 13.2 Å². The van der Waals surface area contributed by atoms with Crippen LogP contribution >= 0.6 is 0 Å². The van der Waals surface area contributed by atoms with Crippen molar-refractivity contribution in [1.29, 1.82) is 0 Å². The Kier molecular flexibility index (Phi) is 9.63. The van der Waals surface area contributed by atoms with Crippen LogP contribution in [0.5, 0.6) is 11.5 Å². The van der Waals surface area contributed by atoms with Crippen LogP contribution in [0.2, 0.25) is 0 Å². The highest BCUT2D eigenvalue weighted by Crippen LogP contribution is 2.32. The van der Waals surface area contributed by atoms with E-state index in [1.807, 2.05) is 6.08 Å². The van der Waals surface area contributed by atoms with Crippen LogP contribution in [0, 0.1) is 17.5 Å². The van der Waals surface area contributed by atoms with E-state index in [-0.39, 0.29) is 16.9 Å². The fourth-order valence-electron chi connectivity index (χ4n) is 4.02. The molecule has 0 fully saturated rings. The molecule has 0 unspecified atom stereocenters. The van der Waals surface area contributed by atoms with Gasteiger partial charge in [-0.05, 0) is 59.4 Å². The minimum atomic E-state index is -0.898. The Hall–Kier alpha value is -4.25. The number of rotatable bonds is 12. The van der Waals surface area contributed by atoms with Crippen LogP contribution in [0.4, 0.5) is 13.2 Å². The van der Waals surface area contributed by atoms with E-state index < -0.39 is 17.5 Å². The number of hydrogen-bond acceptors (Lipinski definition) is 2. The van der Waals surface area contributed by atoms with Crippen molar-refractivity contribution >= 4 is 12.2 Å². The maximum atomic E-state index is 15.1. The monoisotopic (exact) mass is 528 g/mol. The minimum absolute atomic E-state index is 0.181. The van der Waals surface area contributed by atoms with E-state index in [4.69, 9.17) is 9.47 Å². The zero-order valence-corrected chi connectivity index (χ0v) is 21.9. The van der Waals surface area contributed by atoms with Gasteiger partial charge in [0.1, 0.15) is 5.75 Å². The van der Waals surface area contributed by atoms with Crippen molar-refractivity contribution in [2.24, 2.45) is 0 Å². The smallest absolute Gasteiger partial charge is 0.167 e. The SMILES string of the molecule is C=CCCOc1ccc(/C=C/c2ccc(-c3ccc(-c4ccc(OCCCC)cc4)c(F)c3F)cc2)cc1F. The van der Waals surface area contributed by atoms with E-state index in [2.05, 4.69) is 13.5 Å². The second-order valence-electron chi connectivity index (χ2n) is 9.09. The summed E-state index contributed by atoms with van der Waals surface area (Å²) in [4.78, 5) is 0. The largest absolute Gasteiger partial charge is 0.494 e. The summed E-state index contributed by atoms with van der Waals surface area (Å²) < 4.78 is 55.5. The normalized spacial score (nSPS) is 11.1. The van der Waals surface area contributed by atoms with Crippen molar-refractivity contribution in [3.8, 4) is 33.8 Å². The van der Waals surface area contributed by atoms with E-state index in [1.165, 1.54) is 6.07 Å². The lowest BCUT2D eigenvalue weighted by Crippen LogP contribution is -1.97. The first-order chi connectivity index (χ1) is 19.0. The van der Waals surface area contributed by atoms with Gasteiger partial charge in [0, 0.05) is 11.1 Å². The van der Waals surface area contributed by atoms with Crippen LogP contribution in [0.1, 0.15) is 37.3 Å². The van der Waals surface area contributed by atoms with Gasteiger partial charge in [0.2, 0.25) is 0 Å². The molecule has 0 bridgehead atoms. The number of ether oxygens (including phenoxy) is 2. The first-order valence-electron chi connectivity index (χ1n) is 13.0. The van der Waals surface area contributed by atoms with Crippen molar-refractivity contribution in [3.63, 3.8) is 0 Å². The van der Waals surface area contributed by atoms with E-state index in [9.17, 15) is 4.39 Å². The third-order valence-corrected chi connectivity index (χ3v) is 6.24. The van der Waals surface area contributed by atoms with Gasteiger partial charge < -0.3 is 9.47 Å². The van der Waals surface area contributed by atoms with Gasteiger partial charge >= 0.3 is 0 Å². The second-order valence-corrected chi connectivity index (χ2v) is 9.09. The first-order valence-corrected chi connectivity index (χ1v) is 13.0. The van der Waals surface area contributed by atoms with Gasteiger partial charge in [-0.25, -0.2) is 13.2 Å². The van der Waals surface area contributed by atoms with Gasteiger partial charge in [0.15, 0.2) is 23.2 Å². The van der Waals surface area contributed by atoms with Crippen molar-refractivity contribution in [1.82, 2.24) is 0 Å². The lowest BCUT2D eigenvalue weighted by Gasteiger charge is -2.11. The Morgan fingerprint density at radius 3 is 1.87 bits per heavy atom. The van der Waals surface area contributed by atoms with Gasteiger partial charge in [0.25, 0.3) is 0 Å². The van der Waals surface area contributed by atoms with Gasteiger partial charge in [0.05, 0.1) is 13.2 Å². The van der Waals surface area contributed by atoms with Gasteiger partial charge in [-0.1, -0.05) is 86.2 Å². The van der Waals surface area contributed by atoms with Crippen molar-refractivity contribution in [3.05, 3.63) is 120 Å². The van der Waals surface area contributed by atoms with Crippen LogP contribution in [0.15, 0.2) is 91.5 Å². The lowest BCUT2D eigenvalue weighted by molar-refractivity contribution is 0.308. The molecule has 0 aromatic heterocycles. The third-order valence-electron chi connectivity index (χ3n) is 6.24. The summed E-state index contributed by atoms with van der Waals surface area (Å²) >= 11 is 0. The summed E-state index contributed by atoms with van der Waals surface area (Å²) in [5.41, 5.74) is 3.03. The Morgan fingerprint density at radius 1 is 0.692 bits per heavy atom. The molecule has 0 atom stereocenters. The number of unbranched alkanes of at least 4 members (excludes halogenated alkanes) is 1. The molecule has 200 valence electrons. The number of halogens is 3. The fraction of sp³-hybridized carbons (Fsp3) is 0.176. The maximum absolute atomic E-state index is 15.1. The maximum Gasteiger partial charge on any atom is 0.167 e. The molecule has 0 amide bonds. The molecule has 4 aromatic rings. The fourth-order valence-corrected chi connectivity index (χ4v) is 4.02. The zero-order valence-electron chi connectivity index (χ0n) is 21.9. The van der Waals surface area contributed by atoms with Crippen LogP contribution in [0.3, 0.4) is 0 Å². The predicted molar refractivity (Wildman–Crippen MR) is 153 cm³/mol. The highest BCUT2D eigenvalue weighted by atomic mass is 19.2. The molecule has 2 nitrogen and oxygen atoms in total. The summed E-state index contributed by atoms with van der Waals surface area (Å²) in [7, 11) is 0. The molecule has 5 heteroatoms. The topological polar surface area (TPSA) is 18.5 Å². The third kappa shape index (κ3) is 7.20. The first kappa shape index (κ1) is 27.8. The molecule has 0 heterocycles. The molecule has 0 saturated carbocycles. The van der Waals surface area contributed by atoms with E-state index in [0.29, 0.717) is 42.1 Å². The Labute approximate surface area is 228 Å². The van der Waals surface area contributed by atoms with E-state index >= 15 is 8.78 Å². The van der Waals surface area contributed by atoms with Gasteiger partial charge in [-0.3, -0.25) is 0 Å². The average Bonchev–Trinajstić information content (AvgIpc) is 2.95. The minimum Gasteiger partial charge on any atom is -0.494 e. The summed E-state index contributed by atoms with van der Waals surface area (Å²) in [6.45, 7) is 6.70. The van der Waals surface area contributed by atoms with Crippen molar-refractivity contribution in [2.45, 2.75) is 26.2 Å². The zero-order chi connectivity index (χ0) is 27.6. The standard InChI is InChI=1S/C34H31F3O2/c1-3-5-21-38-28-16-14-27(15-17-28)30-19-18-29(33(36)34(30)37)26-12-9-24(10-13-26)7-8-25-11-20-32(31(35)23-25)39-22-6-4-2/h4,7-20,23H,2-3,5-6,21-22H2,1H3/b8-7+. The summed E-state index contributed by atoms with van der Waals surface area (Å²) in [6.07, 6.45) is 7.96. The highest BCUT2D eigenvalue weighted by Gasteiger charge is 2.16. The summed E-state index contributed by atoms with van der Waals surface area (Å²) in [5.74, 6) is -1.32. The summed E-state index contributed by atoms with van der Waals surface area (Å²) in [5, 5.41) is 0. The predicted octanol–water partition coefficient (Wildman–Crippen LogP) is 9.74. The van der Waals surface area contributed by atoms with Crippen molar-refractivity contribution < 1.29 is 22.6 Å². The van der Waals surface area contributed by atoms with Crippen LogP contribution in [-0.4, -0.2) is 13.2 Å². The lowest BCUT2D eigenvalue weighted by atomic mass is 9.98. The number of hydrogen-bond donors (Lipinski definition) is 0. The average molecular weight is 529 g/mol. The molecule has 0 aliphatic heterocycles. The second kappa shape index (κ2) is 13.5. The molecule has 0 saturated heterocycles. The van der Waals surface area contributed by atoms with Crippen LogP contribution < -0.4 is 9.47 Å². The molecule has 0 aliphatic rings. The number of benzene rings is 4. The molecular weight excluding hydrogens is 497 g/mol. The quantitative estimate of drug-likeness (QED) is 0.104. The van der Waals surface area contributed by atoms with E-state index in [0.717, 1.165) is 18.4 Å². The molecule has 4 aromatic carbocycles. The van der Waals surface area contributed by atoms with Crippen LogP contribution in [0.25, 0.3) is 34.4 Å². The van der Waals surface area contributed by atoms with Gasteiger partial charge in [-0.15, -0.1) is 6.58 Å². The Balaban J connectivity index is 1.45. The molecule has 4 rings (SSSR count). The molecule has 0 aliphatic carbocycles. The molecular formula is C34H31F3O2. The Morgan fingerprint density at radius 2 is 1.28 bits per heavy atom. The van der Waals surface area contributed by atoms with Gasteiger partial charge in [-0.2, -0.15) is 0 Å². The molecule has 0 N–H and O–H groups in total. The molecule has 39 heavy (non-hydrogen) atoms. The summed E-state index contributed by atoms with van der Waals surface area (Å²) in [6, 6.07) is 22.0. The Bertz CT molecular complexity index is 1420. The molecule has 0 radical (unpaired) electrons. The van der Waals surface area contributed by atoms with E-state index in [1.54, 1.807) is 84.9 Å². The highest BCUT2D eigenvalue weighted by molar-refractivity contribution is 5.75. The van der Waals surface area contributed by atoms with Crippen LogP contribution in [-0.2, 0) is 0 Å².